The molecule has 0 saturated carbocycles. The molecule has 3 aromatic rings. The Morgan fingerprint density at radius 3 is 2.88 bits per heavy atom. The molecule has 32 heavy (non-hydrogen) atoms. The molecule has 1 atom stereocenters. The maximum absolute atomic E-state index is 13.3. The zero-order valence-corrected chi connectivity index (χ0v) is 18.6. The first-order valence-electron chi connectivity index (χ1n) is 11.1. The molecular weight excluding hydrogens is 400 g/mol. The standard InChI is InChI=1S/C26H28N4O2/c1-3-26(11-4-5-12-30(2)25(26)31)21-7-6-8-23(15-21)32-24-14-19(9-10-20(24)16-27)13-22-17-28-18-29-22/h6-10,14-15,17-18H,3-5,11-13H2,1-2H3,(H,28,29). The lowest BCUT2D eigenvalue weighted by molar-refractivity contribution is -0.135. The number of carbonyl (C=O) groups excluding carboxylic acids is 1. The van der Waals surface area contributed by atoms with Gasteiger partial charge < -0.3 is 14.6 Å². The average Bonchev–Trinajstić information content (AvgIpc) is 3.27. The fraction of sp³-hybridized carbons (Fsp3) is 0.346. The summed E-state index contributed by atoms with van der Waals surface area (Å²) in [5.41, 5.74) is 2.92. The molecule has 1 unspecified atom stereocenters. The van der Waals surface area contributed by atoms with Gasteiger partial charge in [0.15, 0.2) is 0 Å². The number of amides is 1. The molecule has 6 heteroatoms. The molecule has 1 aromatic heterocycles. The predicted molar refractivity (Wildman–Crippen MR) is 123 cm³/mol. The SMILES string of the molecule is CCC1(c2cccc(Oc3cc(Cc4cnc[nH]4)ccc3C#N)c2)CCCCN(C)C1=O. The molecule has 2 aromatic carbocycles. The molecule has 6 nitrogen and oxygen atoms in total. The molecule has 1 fully saturated rings. The summed E-state index contributed by atoms with van der Waals surface area (Å²) in [4.78, 5) is 22.3. The summed E-state index contributed by atoms with van der Waals surface area (Å²) in [6.07, 6.45) is 7.72. The van der Waals surface area contributed by atoms with E-state index >= 15 is 0 Å². The van der Waals surface area contributed by atoms with Crippen LogP contribution in [0.25, 0.3) is 0 Å². The zero-order valence-electron chi connectivity index (χ0n) is 18.6. The van der Waals surface area contributed by atoms with Gasteiger partial charge in [0.1, 0.15) is 17.6 Å². The van der Waals surface area contributed by atoms with Gasteiger partial charge in [-0.05, 0) is 54.7 Å². The van der Waals surface area contributed by atoms with E-state index in [0.29, 0.717) is 23.5 Å². The van der Waals surface area contributed by atoms with E-state index in [9.17, 15) is 10.1 Å². The number of likely N-dealkylation sites (N-methyl/N-ethyl adjacent to an activating group) is 1. The quantitative estimate of drug-likeness (QED) is 0.602. The van der Waals surface area contributed by atoms with Crippen LogP contribution in [0.1, 0.15) is 55.0 Å². The minimum atomic E-state index is -0.537. The van der Waals surface area contributed by atoms with Crippen molar-refractivity contribution in [1.29, 1.82) is 5.26 Å². The van der Waals surface area contributed by atoms with Crippen LogP contribution >= 0.6 is 0 Å². The van der Waals surface area contributed by atoms with Crippen molar-refractivity contribution in [2.75, 3.05) is 13.6 Å². The Labute approximate surface area is 188 Å². The highest BCUT2D eigenvalue weighted by molar-refractivity contribution is 5.88. The van der Waals surface area contributed by atoms with Gasteiger partial charge in [-0.1, -0.05) is 31.5 Å². The smallest absolute Gasteiger partial charge is 0.232 e. The molecule has 1 N–H and O–H groups in total. The molecule has 2 heterocycles. The normalized spacial score (nSPS) is 18.8. The van der Waals surface area contributed by atoms with Gasteiger partial charge >= 0.3 is 0 Å². The first-order chi connectivity index (χ1) is 15.6. The Balaban J connectivity index is 1.65. The van der Waals surface area contributed by atoms with Crippen LogP contribution in [-0.2, 0) is 16.6 Å². The monoisotopic (exact) mass is 428 g/mol. The minimum Gasteiger partial charge on any atom is -0.456 e. The number of hydrogen-bond donors (Lipinski definition) is 1. The van der Waals surface area contributed by atoms with Gasteiger partial charge in [-0.3, -0.25) is 4.79 Å². The Kier molecular flexibility index (Phi) is 6.27. The van der Waals surface area contributed by atoms with Crippen molar-refractivity contribution < 1.29 is 9.53 Å². The number of rotatable bonds is 6. The van der Waals surface area contributed by atoms with E-state index < -0.39 is 5.41 Å². The molecule has 1 saturated heterocycles. The topological polar surface area (TPSA) is 82.0 Å². The zero-order chi connectivity index (χ0) is 22.6. The average molecular weight is 429 g/mol. The number of H-pyrrole nitrogens is 1. The number of aromatic nitrogens is 2. The fourth-order valence-electron chi connectivity index (χ4n) is 4.59. The number of ether oxygens (including phenoxy) is 1. The summed E-state index contributed by atoms with van der Waals surface area (Å²) < 4.78 is 6.20. The van der Waals surface area contributed by atoms with E-state index in [-0.39, 0.29) is 5.91 Å². The van der Waals surface area contributed by atoms with Crippen LogP contribution in [0.15, 0.2) is 55.0 Å². The Bertz CT molecular complexity index is 1130. The van der Waals surface area contributed by atoms with Crippen molar-refractivity contribution in [3.05, 3.63) is 77.4 Å². The van der Waals surface area contributed by atoms with Gasteiger partial charge in [-0.25, -0.2) is 4.98 Å². The van der Waals surface area contributed by atoms with E-state index in [0.717, 1.165) is 49.0 Å². The summed E-state index contributed by atoms with van der Waals surface area (Å²) in [6, 6.07) is 15.6. The Morgan fingerprint density at radius 1 is 1.25 bits per heavy atom. The van der Waals surface area contributed by atoms with Gasteiger partial charge in [0.05, 0.1) is 17.3 Å². The van der Waals surface area contributed by atoms with Crippen LogP contribution in [0.2, 0.25) is 0 Å². The third-order valence-electron chi connectivity index (χ3n) is 6.44. The number of carbonyl (C=O) groups is 1. The maximum Gasteiger partial charge on any atom is 0.232 e. The van der Waals surface area contributed by atoms with Gasteiger partial charge in [0, 0.05) is 31.9 Å². The van der Waals surface area contributed by atoms with Gasteiger partial charge in [0.2, 0.25) is 5.91 Å². The maximum atomic E-state index is 13.3. The number of nitrogens with one attached hydrogen (secondary N) is 1. The molecule has 0 bridgehead atoms. The molecule has 1 amide bonds. The van der Waals surface area contributed by atoms with Crippen LogP contribution in [0.3, 0.4) is 0 Å². The number of hydrogen-bond acceptors (Lipinski definition) is 4. The molecule has 0 aliphatic carbocycles. The van der Waals surface area contributed by atoms with Crippen molar-refractivity contribution in [1.82, 2.24) is 14.9 Å². The largest absolute Gasteiger partial charge is 0.456 e. The summed E-state index contributed by atoms with van der Waals surface area (Å²) in [5.74, 6) is 1.32. The summed E-state index contributed by atoms with van der Waals surface area (Å²) >= 11 is 0. The van der Waals surface area contributed by atoms with E-state index in [1.165, 1.54) is 0 Å². The lowest BCUT2D eigenvalue weighted by atomic mass is 9.73. The second kappa shape index (κ2) is 9.27. The number of nitrogens with zero attached hydrogens (tertiary/aromatic N) is 3. The predicted octanol–water partition coefficient (Wildman–Crippen LogP) is 4.95. The van der Waals surface area contributed by atoms with Crippen molar-refractivity contribution in [2.24, 2.45) is 0 Å². The summed E-state index contributed by atoms with van der Waals surface area (Å²) in [7, 11) is 1.89. The highest BCUT2D eigenvalue weighted by atomic mass is 16.5. The van der Waals surface area contributed by atoms with Crippen molar-refractivity contribution in [2.45, 2.75) is 44.4 Å². The van der Waals surface area contributed by atoms with Crippen LogP contribution in [0.5, 0.6) is 11.5 Å². The lowest BCUT2D eigenvalue weighted by Gasteiger charge is -2.33. The summed E-state index contributed by atoms with van der Waals surface area (Å²) in [6.45, 7) is 2.88. The molecule has 1 aliphatic heterocycles. The second-order valence-electron chi connectivity index (χ2n) is 8.45. The second-order valence-corrected chi connectivity index (χ2v) is 8.45. The van der Waals surface area contributed by atoms with E-state index in [4.69, 9.17) is 4.74 Å². The highest BCUT2D eigenvalue weighted by Gasteiger charge is 2.41. The number of nitriles is 1. The molecular formula is C26H28N4O2. The Morgan fingerprint density at radius 2 is 2.12 bits per heavy atom. The minimum absolute atomic E-state index is 0.175. The van der Waals surface area contributed by atoms with E-state index in [1.54, 1.807) is 18.6 Å². The molecule has 0 spiro atoms. The highest BCUT2D eigenvalue weighted by Crippen LogP contribution is 2.39. The first-order valence-corrected chi connectivity index (χ1v) is 11.1. The van der Waals surface area contributed by atoms with Crippen LogP contribution in [-0.4, -0.2) is 34.4 Å². The number of likely N-dealkylation sites (tertiary alicyclic amines) is 1. The molecule has 0 radical (unpaired) electrons. The van der Waals surface area contributed by atoms with Gasteiger partial charge in [-0.15, -0.1) is 0 Å². The summed E-state index contributed by atoms with van der Waals surface area (Å²) in [5, 5.41) is 9.58. The van der Waals surface area contributed by atoms with Crippen LogP contribution in [0, 0.1) is 11.3 Å². The molecule has 1 aliphatic rings. The van der Waals surface area contributed by atoms with Gasteiger partial charge in [-0.2, -0.15) is 5.26 Å². The number of imidazole rings is 1. The van der Waals surface area contributed by atoms with Crippen LogP contribution in [0.4, 0.5) is 0 Å². The molecule has 164 valence electrons. The third-order valence-corrected chi connectivity index (χ3v) is 6.44. The van der Waals surface area contributed by atoms with Gasteiger partial charge in [0.25, 0.3) is 0 Å². The van der Waals surface area contributed by atoms with Crippen molar-refractivity contribution >= 4 is 5.91 Å². The van der Waals surface area contributed by atoms with E-state index in [1.807, 2.05) is 48.3 Å². The lowest BCUT2D eigenvalue weighted by Crippen LogP contribution is -2.43. The van der Waals surface area contributed by atoms with Crippen molar-refractivity contribution in [3.8, 4) is 17.6 Å². The number of aromatic amines is 1. The first kappa shape index (κ1) is 21.6. The van der Waals surface area contributed by atoms with Crippen molar-refractivity contribution in [3.63, 3.8) is 0 Å². The molecule has 4 rings (SSSR count). The van der Waals surface area contributed by atoms with Crippen LogP contribution < -0.4 is 4.74 Å². The fourth-order valence-corrected chi connectivity index (χ4v) is 4.59. The Hall–Kier alpha value is -3.59. The number of benzene rings is 2. The van der Waals surface area contributed by atoms with E-state index in [2.05, 4.69) is 23.0 Å². The third kappa shape index (κ3) is 4.24.